The van der Waals surface area contributed by atoms with Crippen molar-refractivity contribution < 1.29 is 5.11 Å². The minimum atomic E-state index is -0.395. The van der Waals surface area contributed by atoms with E-state index in [0.29, 0.717) is 12.8 Å². The SMILES string of the molecule is C=C(CC(O)C(CC)(CC)CCC#N)CN(CC)CC. The van der Waals surface area contributed by atoms with Gasteiger partial charge < -0.3 is 5.11 Å². The average molecular weight is 280 g/mol. The van der Waals surface area contributed by atoms with E-state index in [0.717, 1.165) is 44.5 Å². The number of nitrogens with zero attached hydrogens (tertiary/aromatic N) is 2. The molecular weight excluding hydrogens is 248 g/mol. The number of aliphatic hydroxyl groups is 1. The van der Waals surface area contributed by atoms with E-state index in [1.165, 1.54) is 0 Å². The summed E-state index contributed by atoms with van der Waals surface area (Å²) in [6.07, 6.45) is 3.35. The molecule has 1 N–H and O–H groups in total. The third-order valence-corrected chi connectivity index (χ3v) is 4.67. The fourth-order valence-electron chi connectivity index (χ4n) is 2.86. The molecule has 3 heteroatoms. The third-order valence-electron chi connectivity index (χ3n) is 4.67. The normalized spacial score (nSPS) is 13.2. The largest absolute Gasteiger partial charge is 0.392 e. The van der Waals surface area contributed by atoms with Crippen LogP contribution in [0.25, 0.3) is 0 Å². The Balaban J connectivity index is 4.63. The quantitative estimate of drug-likeness (QED) is 0.586. The molecule has 0 aromatic rings. The van der Waals surface area contributed by atoms with Crippen LogP contribution in [0.15, 0.2) is 12.2 Å². The summed E-state index contributed by atoms with van der Waals surface area (Å²) in [5.41, 5.74) is 0.950. The second-order valence-corrected chi connectivity index (χ2v) is 5.66. The molecule has 0 saturated heterocycles. The van der Waals surface area contributed by atoms with Crippen molar-refractivity contribution in [3.05, 3.63) is 12.2 Å². The van der Waals surface area contributed by atoms with Crippen molar-refractivity contribution in [3.63, 3.8) is 0 Å². The Morgan fingerprint density at radius 2 is 1.80 bits per heavy atom. The van der Waals surface area contributed by atoms with Gasteiger partial charge >= 0.3 is 0 Å². The summed E-state index contributed by atoms with van der Waals surface area (Å²) in [5, 5.41) is 19.4. The van der Waals surface area contributed by atoms with E-state index in [1.807, 2.05) is 0 Å². The van der Waals surface area contributed by atoms with E-state index in [4.69, 9.17) is 5.26 Å². The lowest BCUT2D eigenvalue weighted by Gasteiger charge is -2.37. The Labute approximate surface area is 125 Å². The van der Waals surface area contributed by atoms with Crippen LogP contribution in [0.5, 0.6) is 0 Å². The van der Waals surface area contributed by atoms with Gasteiger partial charge in [-0.15, -0.1) is 0 Å². The van der Waals surface area contributed by atoms with Crippen LogP contribution in [0.3, 0.4) is 0 Å². The molecule has 0 aliphatic carbocycles. The van der Waals surface area contributed by atoms with E-state index in [2.05, 4.69) is 45.2 Å². The minimum Gasteiger partial charge on any atom is -0.392 e. The van der Waals surface area contributed by atoms with Crippen molar-refractivity contribution in [2.24, 2.45) is 5.41 Å². The van der Waals surface area contributed by atoms with Gasteiger partial charge in [-0.05, 0) is 44.2 Å². The standard InChI is InChI=1S/C17H32N2O/c1-6-17(7-2,11-10-12-18)16(20)13-15(5)14-19(8-3)9-4/h16,20H,5-11,13-14H2,1-4H3. The maximum Gasteiger partial charge on any atom is 0.0634 e. The Morgan fingerprint density at radius 1 is 1.25 bits per heavy atom. The van der Waals surface area contributed by atoms with Gasteiger partial charge in [0, 0.05) is 13.0 Å². The molecule has 0 aliphatic heterocycles. The molecule has 0 fully saturated rings. The number of aliphatic hydroxyl groups excluding tert-OH is 1. The molecule has 0 radical (unpaired) electrons. The smallest absolute Gasteiger partial charge is 0.0634 e. The van der Waals surface area contributed by atoms with Gasteiger partial charge in [0.15, 0.2) is 0 Å². The van der Waals surface area contributed by atoms with Crippen LogP contribution in [0.4, 0.5) is 0 Å². The molecule has 1 unspecified atom stereocenters. The lowest BCUT2D eigenvalue weighted by Crippen LogP contribution is -2.36. The van der Waals surface area contributed by atoms with E-state index in [-0.39, 0.29) is 5.41 Å². The second kappa shape index (κ2) is 9.96. The van der Waals surface area contributed by atoms with Crippen LogP contribution >= 0.6 is 0 Å². The molecule has 0 amide bonds. The Morgan fingerprint density at radius 3 is 2.20 bits per heavy atom. The van der Waals surface area contributed by atoms with Gasteiger partial charge in [-0.25, -0.2) is 0 Å². The number of likely N-dealkylation sites (N-methyl/N-ethyl adjacent to an activating group) is 1. The minimum absolute atomic E-state index is 0.137. The zero-order valence-electron chi connectivity index (χ0n) is 13.8. The highest BCUT2D eigenvalue weighted by atomic mass is 16.3. The number of rotatable bonds is 11. The summed E-state index contributed by atoms with van der Waals surface area (Å²) in [7, 11) is 0. The molecule has 0 aromatic heterocycles. The summed E-state index contributed by atoms with van der Waals surface area (Å²) in [6, 6.07) is 2.21. The van der Waals surface area contributed by atoms with Gasteiger partial charge in [0.2, 0.25) is 0 Å². The van der Waals surface area contributed by atoms with Crippen molar-refractivity contribution in [2.75, 3.05) is 19.6 Å². The van der Waals surface area contributed by atoms with Crippen LogP contribution in [-0.2, 0) is 0 Å². The van der Waals surface area contributed by atoms with Crippen LogP contribution in [-0.4, -0.2) is 35.7 Å². The molecule has 0 bridgehead atoms. The zero-order chi connectivity index (χ0) is 15.6. The van der Waals surface area contributed by atoms with Crippen LogP contribution in [0.1, 0.15) is 59.8 Å². The highest BCUT2D eigenvalue weighted by molar-refractivity contribution is 5.02. The van der Waals surface area contributed by atoms with Crippen molar-refractivity contribution in [3.8, 4) is 6.07 Å². The lowest BCUT2D eigenvalue weighted by molar-refractivity contribution is 0.0112. The first-order valence-corrected chi connectivity index (χ1v) is 7.93. The predicted molar refractivity (Wildman–Crippen MR) is 85.4 cm³/mol. The monoisotopic (exact) mass is 280 g/mol. The van der Waals surface area contributed by atoms with Crippen LogP contribution in [0.2, 0.25) is 0 Å². The summed E-state index contributed by atoms with van der Waals surface area (Å²) < 4.78 is 0. The Hall–Kier alpha value is -0.850. The van der Waals surface area contributed by atoms with Gasteiger partial charge in [-0.3, -0.25) is 4.90 Å². The van der Waals surface area contributed by atoms with Crippen molar-refractivity contribution >= 4 is 0 Å². The highest BCUT2D eigenvalue weighted by Gasteiger charge is 2.34. The van der Waals surface area contributed by atoms with E-state index < -0.39 is 6.10 Å². The van der Waals surface area contributed by atoms with E-state index in [9.17, 15) is 5.11 Å². The van der Waals surface area contributed by atoms with E-state index in [1.54, 1.807) is 0 Å². The summed E-state index contributed by atoms with van der Waals surface area (Å²) in [4.78, 5) is 2.31. The predicted octanol–water partition coefficient (Wildman–Crippen LogP) is 3.75. The first kappa shape index (κ1) is 19.1. The Kier molecular flexibility index (Phi) is 9.54. The van der Waals surface area contributed by atoms with E-state index >= 15 is 0 Å². The summed E-state index contributed by atoms with van der Waals surface area (Å²) in [5.74, 6) is 0. The first-order valence-electron chi connectivity index (χ1n) is 7.93. The molecule has 0 rings (SSSR count). The second-order valence-electron chi connectivity index (χ2n) is 5.66. The van der Waals surface area contributed by atoms with Gasteiger partial charge in [-0.1, -0.05) is 39.8 Å². The molecule has 0 saturated carbocycles. The fraction of sp³-hybridized carbons (Fsp3) is 0.824. The molecule has 116 valence electrons. The lowest BCUT2D eigenvalue weighted by atomic mass is 9.72. The topological polar surface area (TPSA) is 47.3 Å². The van der Waals surface area contributed by atoms with Crippen molar-refractivity contribution in [1.82, 2.24) is 4.90 Å². The molecule has 20 heavy (non-hydrogen) atoms. The van der Waals surface area contributed by atoms with Crippen molar-refractivity contribution in [1.29, 1.82) is 5.26 Å². The summed E-state index contributed by atoms with van der Waals surface area (Å²) in [6.45, 7) is 15.5. The van der Waals surface area contributed by atoms with Crippen LogP contribution in [0, 0.1) is 16.7 Å². The molecule has 0 aliphatic rings. The maximum absolute atomic E-state index is 10.6. The number of nitriles is 1. The Bertz CT molecular complexity index is 311. The van der Waals surface area contributed by atoms with Crippen molar-refractivity contribution in [2.45, 2.75) is 65.9 Å². The zero-order valence-corrected chi connectivity index (χ0v) is 13.8. The maximum atomic E-state index is 10.6. The molecule has 0 aromatic carbocycles. The number of hydrogen-bond donors (Lipinski definition) is 1. The first-order chi connectivity index (χ1) is 9.49. The molecule has 0 spiro atoms. The number of hydrogen-bond acceptors (Lipinski definition) is 3. The molecule has 0 heterocycles. The van der Waals surface area contributed by atoms with Gasteiger partial charge in [0.1, 0.15) is 0 Å². The summed E-state index contributed by atoms with van der Waals surface area (Å²) >= 11 is 0. The molecule has 1 atom stereocenters. The molecular formula is C17H32N2O. The van der Waals surface area contributed by atoms with Gasteiger partial charge in [0.05, 0.1) is 12.2 Å². The average Bonchev–Trinajstić information content (AvgIpc) is 2.46. The van der Waals surface area contributed by atoms with Crippen LogP contribution < -0.4 is 0 Å². The van der Waals surface area contributed by atoms with Gasteiger partial charge in [0.25, 0.3) is 0 Å². The highest BCUT2D eigenvalue weighted by Crippen LogP contribution is 2.38. The third kappa shape index (κ3) is 5.64. The molecule has 3 nitrogen and oxygen atoms in total. The fourth-order valence-corrected chi connectivity index (χ4v) is 2.86. The van der Waals surface area contributed by atoms with Gasteiger partial charge in [-0.2, -0.15) is 5.26 Å².